The van der Waals surface area contributed by atoms with E-state index in [4.69, 9.17) is 4.74 Å². The molecule has 10 heteroatoms. The summed E-state index contributed by atoms with van der Waals surface area (Å²) in [7, 11) is -2.05. The van der Waals surface area contributed by atoms with Crippen molar-refractivity contribution in [2.75, 3.05) is 10.5 Å². The van der Waals surface area contributed by atoms with E-state index in [2.05, 4.69) is 14.7 Å². The number of halogens is 1. The number of ether oxygens (including phenoxy) is 1. The van der Waals surface area contributed by atoms with E-state index < -0.39 is 15.8 Å². The van der Waals surface area contributed by atoms with Crippen LogP contribution in [0.25, 0.3) is 11.3 Å². The number of rotatable bonds is 7. The summed E-state index contributed by atoms with van der Waals surface area (Å²) in [6.07, 6.45) is 2.01. The van der Waals surface area contributed by atoms with E-state index in [0.29, 0.717) is 34.4 Å². The number of nitrogens with zero attached hydrogens (tertiary/aromatic N) is 3. The minimum Gasteiger partial charge on any atom is -0.421 e. The van der Waals surface area contributed by atoms with E-state index >= 15 is 0 Å². The number of benzene rings is 1. The molecule has 0 atom stereocenters. The molecule has 0 aliphatic carbocycles. The van der Waals surface area contributed by atoms with Crippen LogP contribution in [0.1, 0.15) is 30.0 Å². The standard InChI is InChI=1S/C22H25FN4O4S/c1-6-10-32(29,30)26-20-15(4)18(16-11-14(3)21(28)27(5)12-16)24-22(25-20)31-19-13(2)8-7-9-17(19)23/h7-9,11-12H,6,10H2,1-5H3,(H,24,25,26). The molecular formula is C22H25FN4O4S. The Hall–Kier alpha value is -3.27. The van der Waals surface area contributed by atoms with Crippen molar-refractivity contribution in [1.29, 1.82) is 0 Å². The molecule has 2 aromatic heterocycles. The van der Waals surface area contributed by atoms with Gasteiger partial charge in [-0.05, 0) is 44.9 Å². The third kappa shape index (κ3) is 4.96. The molecule has 0 radical (unpaired) electrons. The molecule has 8 nitrogen and oxygen atoms in total. The van der Waals surface area contributed by atoms with Crippen LogP contribution in [0.15, 0.2) is 35.3 Å². The van der Waals surface area contributed by atoms with Gasteiger partial charge < -0.3 is 9.30 Å². The van der Waals surface area contributed by atoms with Gasteiger partial charge in [0.15, 0.2) is 11.6 Å². The normalized spacial score (nSPS) is 11.4. The summed E-state index contributed by atoms with van der Waals surface area (Å²) in [4.78, 5) is 20.7. The van der Waals surface area contributed by atoms with Gasteiger partial charge in [0.2, 0.25) is 10.0 Å². The van der Waals surface area contributed by atoms with Crippen molar-refractivity contribution in [2.24, 2.45) is 7.05 Å². The molecule has 0 spiro atoms. The topological polar surface area (TPSA) is 103 Å². The third-order valence-electron chi connectivity index (χ3n) is 4.84. The molecule has 0 unspecified atom stereocenters. The lowest BCUT2D eigenvalue weighted by atomic mass is 10.1. The molecule has 0 saturated heterocycles. The highest BCUT2D eigenvalue weighted by atomic mass is 32.2. The van der Waals surface area contributed by atoms with Gasteiger partial charge in [-0.15, -0.1) is 0 Å². The minimum absolute atomic E-state index is 0.0268. The lowest BCUT2D eigenvalue weighted by molar-refractivity contribution is 0.409. The summed E-state index contributed by atoms with van der Waals surface area (Å²) >= 11 is 0. The Morgan fingerprint density at radius 2 is 1.88 bits per heavy atom. The Morgan fingerprint density at radius 1 is 1.16 bits per heavy atom. The lowest BCUT2D eigenvalue weighted by Gasteiger charge is -2.16. The van der Waals surface area contributed by atoms with Crippen molar-refractivity contribution in [3.63, 3.8) is 0 Å². The summed E-state index contributed by atoms with van der Waals surface area (Å²) in [5.74, 6) is -0.713. The van der Waals surface area contributed by atoms with Crippen LogP contribution in [0.5, 0.6) is 11.8 Å². The number of hydrogen-bond acceptors (Lipinski definition) is 6. The number of sulfonamides is 1. The van der Waals surface area contributed by atoms with Crippen LogP contribution in [-0.4, -0.2) is 28.7 Å². The zero-order valence-electron chi connectivity index (χ0n) is 18.6. The second kappa shape index (κ2) is 9.07. The first-order valence-corrected chi connectivity index (χ1v) is 11.7. The average Bonchev–Trinajstić information content (AvgIpc) is 2.70. The summed E-state index contributed by atoms with van der Waals surface area (Å²) in [5.41, 5.74) is 2.22. The molecule has 0 bridgehead atoms. The summed E-state index contributed by atoms with van der Waals surface area (Å²) in [5, 5.41) is 0. The van der Waals surface area contributed by atoms with E-state index in [1.165, 1.54) is 10.6 Å². The van der Waals surface area contributed by atoms with Gasteiger partial charge in [0.05, 0.1) is 11.4 Å². The van der Waals surface area contributed by atoms with Crippen LogP contribution in [0.4, 0.5) is 10.2 Å². The van der Waals surface area contributed by atoms with Gasteiger partial charge in [0.1, 0.15) is 5.82 Å². The van der Waals surface area contributed by atoms with Gasteiger partial charge in [-0.25, -0.2) is 12.8 Å². The number of hydrogen-bond donors (Lipinski definition) is 1. The number of pyridine rings is 1. The lowest BCUT2D eigenvalue weighted by Crippen LogP contribution is -2.20. The molecule has 0 aliphatic rings. The predicted molar refractivity (Wildman–Crippen MR) is 121 cm³/mol. The second-order valence-corrected chi connectivity index (χ2v) is 9.41. The summed E-state index contributed by atoms with van der Waals surface area (Å²) in [6.45, 7) is 6.76. The molecule has 3 rings (SSSR count). The van der Waals surface area contributed by atoms with Crippen LogP contribution >= 0.6 is 0 Å². The summed E-state index contributed by atoms with van der Waals surface area (Å²) in [6, 6.07) is 5.91. The quantitative estimate of drug-likeness (QED) is 0.574. The molecule has 1 N–H and O–H groups in total. The van der Waals surface area contributed by atoms with Crippen molar-refractivity contribution in [2.45, 2.75) is 34.1 Å². The molecule has 32 heavy (non-hydrogen) atoms. The number of nitrogens with one attached hydrogen (secondary N) is 1. The number of aromatic nitrogens is 3. The SMILES string of the molecule is CCCS(=O)(=O)Nc1nc(Oc2c(C)cccc2F)nc(-c2cc(C)c(=O)n(C)c2)c1C. The maximum Gasteiger partial charge on any atom is 0.324 e. The Morgan fingerprint density at radius 3 is 2.50 bits per heavy atom. The van der Waals surface area contributed by atoms with Crippen molar-refractivity contribution in [1.82, 2.24) is 14.5 Å². The van der Waals surface area contributed by atoms with Gasteiger partial charge in [-0.2, -0.15) is 9.97 Å². The Balaban J connectivity index is 2.21. The Kier molecular flexibility index (Phi) is 6.63. The first-order valence-electron chi connectivity index (χ1n) is 10.0. The monoisotopic (exact) mass is 460 g/mol. The largest absolute Gasteiger partial charge is 0.421 e. The minimum atomic E-state index is -3.66. The van der Waals surface area contributed by atoms with Crippen LogP contribution in [0.2, 0.25) is 0 Å². The molecule has 1 aromatic carbocycles. The zero-order chi connectivity index (χ0) is 23.6. The van der Waals surface area contributed by atoms with Crippen molar-refractivity contribution < 1.29 is 17.5 Å². The molecule has 0 saturated carbocycles. The highest BCUT2D eigenvalue weighted by molar-refractivity contribution is 7.92. The van der Waals surface area contributed by atoms with Crippen LogP contribution < -0.4 is 15.0 Å². The second-order valence-electron chi connectivity index (χ2n) is 7.57. The molecule has 2 heterocycles. The number of anilines is 1. The van der Waals surface area contributed by atoms with Gasteiger partial charge in [0.25, 0.3) is 5.56 Å². The molecular weight excluding hydrogens is 435 g/mol. The highest BCUT2D eigenvalue weighted by Crippen LogP contribution is 2.32. The maximum atomic E-state index is 14.3. The van der Waals surface area contributed by atoms with E-state index in [1.54, 1.807) is 59.1 Å². The van der Waals surface area contributed by atoms with E-state index in [0.717, 1.165) is 0 Å². The van der Waals surface area contributed by atoms with E-state index in [9.17, 15) is 17.6 Å². The van der Waals surface area contributed by atoms with Gasteiger partial charge >= 0.3 is 6.01 Å². The first kappa shape index (κ1) is 23.4. The molecule has 170 valence electrons. The fraction of sp³-hybridized carbons (Fsp3) is 0.318. The summed E-state index contributed by atoms with van der Waals surface area (Å²) < 4.78 is 48.7. The van der Waals surface area contributed by atoms with Crippen molar-refractivity contribution >= 4 is 15.8 Å². The van der Waals surface area contributed by atoms with Crippen molar-refractivity contribution in [3.05, 3.63) is 63.3 Å². The third-order valence-corrected chi connectivity index (χ3v) is 6.29. The van der Waals surface area contributed by atoms with Crippen molar-refractivity contribution in [3.8, 4) is 23.0 Å². The van der Waals surface area contributed by atoms with Gasteiger partial charge in [0, 0.05) is 29.9 Å². The molecule has 0 aliphatic heterocycles. The van der Waals surface area contributed by atoms with Crippen LogP contribution in [0.3, 0.4) is 0 Å². The highest BCUT2D eigenvalue weighted by Gasteiger charge is 2.20. The van der Waals surface area contributed by atoms with E-state index in [1.807, 2.05) is 0 Å². The smallest absolute Gasteiger partial charge is 0.324 e. The maximum absolute atomic E-state index is 14.3. The fourth-order valence-corrected chi connectivity index (χ4v) is 4.37. The predicted octanol–water partition coefficient (Wildman–Crippen LogP) is 3.85. The Bertz CT molecular complexity index is 1290. The molecule has 0 fully saturated rings. The van der Waals surface area contributed by atoms with Crippen LogP contribution in [-0.2, 0) is 17.1 Å². The van der Waals surface area contributed by atoms with Gasteiger partial charge in [-0.1, -0.05) is 19.1 Å². The zero-order valence-corrected chi connectivity index (χ0v) is 19.4. The molecule has 3 aromatic rings. The number of aryl methyl sites for hydroxylation is 3. The molecule has 0 amide bonds. The van der Waals surface area contributed by atoms with Gasteiger partial charge in [-0.3, -0.25) is 9.52 Å². The average molecular weight is 461 g/mol. The first-order chi connectivity index (χ1) is 15.0. The van der Waals surface area contributed by atoms with E-state index in [-0.39, 0.29) is 28.9 Å². The fourth-order valence-electron chi connectivity index (χ4n) is 3.23. The number of para-hydroxylation sites is 1. The van der Waals surface area contributed by atoms with Crippen LogP contribution in [0, 0.1) is 26.6 Å². The Labute approximate surface area is 186 Å².